The summed E-state index contributed by atoms with van der Waals surface area (Å²) in [6.45, 7) is 10.3. The highest BCUT2D eigenvalue weighted by atomic mass is 32.2. The van der Waals surface area contributed by atoms with Crippen molar-refractivity contribution in [1.82, 2.24) is 5.32 Å². The quantitative estimate of drug-likeness (QED) is 0.817. The van der Waals surface area contributed by atoms with Gasteiger partial charge in [-0.3, -0.25) is 0 Å². The van der Waals surface area contributed by atoms with Crippen LogP contribution in [0.5, 0.6) is 0 Å². The molecular formula is C16H25NS. The molecular weight excluding hydrogens is 238 g/mol. The molecule has 2 unspecified atom stereocenters. The van der Waals surface area contributed by atoms with Crippen molar-refractivity contribution in [2.75, 3.05) is 12.3 Å². The lowest BCUT2D eigenvalue weighted by Gasteiger charge is -2.21. The fourth-order valence-corrected chi connectivity index (χ4v) is 3.41. The standard InChI is InChI=1S/C16H25NS/c1-12-9-10-17-15(11-18-12)13-5-7-14(8-6-13)16(2,3)4/h5-8,12,15,17H,9-11H2,1-4H3. The molecule has 0 aliphatic carbocycles. The maximum atomic E-state index is 3.67. The first kappa shape index (κ1) is 14.0. The maximum absolute atomic E-state index is 3.67. The van der Waals surface area contributed by atoms with Gasteiger partial charge in [0.1, 0.15) is 0 Å². The first-order valence-corrected chi connectivity index (χ1v) is 7.97. The van der Waals surface area contributed by atoms with Crippen LogP contribution in [-0.2, 0) is 5.41 Å². The predicted molar refractivity (Wildman–Crippen MR) is 82.4 cm³/mol. The summed E-state index contributed by atoms with van der Waals surface area (Å²) in [4.78, 5) is 0. The van der Waals surface area contributed by atoms with Gasteiger partial charge in [-0.25, -0.2) is 0 Å². The molecule has 2 rings (SSSR count). The molecule has 100 valence electrons. The zero-order chi connectivity index (χ0) is 13.2. The van der Waals surface area contributed by atoms with E-state index in [0.717, 1.165) is 11.8 Å². The molecule has 1 nitrogen and oxygen atoms in total. The van der Waals surface area contributed by atoms with Crippen LogP contribution in [-0.4, -0.2) is 17.5 Å². The molecule has 1 N–H and O–H groups in total. The van der Waals surface area contributed by atoms with E-state index in [0.29, 0.717) is 6.04 Å². The smallest absolute Gasteiger partial charge is 0.0411 e. The van der Waals surface area contributed by atoms with Gasteiger partial charge in [0.25, 0.3) is 0 Å². The van der Waals surface area contributed by atoms with Gasteiger partial charge in [0.2, 0.25) is 0 Å². The van der Waals surface area contributed by atoms with Crippen LogP contribution >= 0.6 is 11.8 Å². The van der Waals surface area contributed by atoms with Crippen LogP contribution in [0.2, 0.25) is 0 Å². The predicted octanol–water partition coefficient (Wildman–Crippen LogP) is 4.14. The molecule has 1 aromatic rings. The summed E-state index contributed by atoms with van der Waals surface area (Å²) >= 11 is 2.09. The zero-order valence-corrected chi connectivity index (χ0v) is 12.8. The van der Waals surface area contributed by atoms with Crippen LogP contribution in [0.3, 0.4) is 0 Å². The van der Waals surface area contributed by atoms with Crippen LogP contribution in [0.25, 0.3) is 0 Å². The van der Waals surface area contributed by atoms with Crippen molar-refractivity contribution in [3.8, 4) is 0 Å². The molecule has 2 atom stereocenters. The summed E-state index contributed by atoms with van der Waals surface area (Å²) < 4.78 is 0. The summed E-state index contributed by atoms with van der Waals surface area (Å²) in [5.74, 6) is 1.19. The minimum atomic E-state index is 0.249. The highest BCUT2D eigenvalue weighted by molar-refractivity contribution is 7.99. The minimum Gasteiger partial charge on any atom is -0.309 e. The number of nitrogens with one attached hydrogen (secondary N) is 1. The third kappa shape index (κ3) is 3.52. The molecule has 0 amide bonds. The Labute approximate surface area is 116 Å². The lowest BCUT2D eigenvalue weighted by molar-refractivity contribution is 0.573. The fourth-order valence-electron chi connectivity index (χ4n) is 2.29. The minimum absolute atomic E-state index is 0.249. The fraction of sp³-hybridized carbons (Fsp3) is 0.625. The van der Waals surface area contributed by atoms with Crippen molar-refractivity contribution in [3.63, 3.8) is 0 Å². The molecule has 0 aromatic heterocycles. The number of hydrogen-bond donors (Lipinski definition) is 1. The molecule has 2 heteroatoms. The zero-order valence-electron chi connectivity index (χ0n) is 12.0. The number of thioether (sulfide) groups is 1. The third-order valence-electron chi connectivity index (χ3n) is 3.67. The van der Waals surface area contributed by atoms with Gasteiger partial charge in [0, 0.05) is 17.0 Å². The molecule has 18 heavy (non-hydrogen) atoms. The van der Waals surface area contributed by atoms with Gasteiger partial charge in [-0.15, -0.1) is 0 Å². The van der Waals surface area contributed by atoms with E-state index in [1.165, 1.54) is 23.3 Å². The summed E-state index contributed by atoms with van der Waals surface area (Å²) in [6.07, 6.45) is 1.28. The van der Waals surface area contributed by atoms with Crippen molar-refractivity contribution in [2.45, 2.75) is 50.8 Å². The van der Waals surface area contributed by atoms with E-state index in [-0.39, 0.29) is 5.41 Å². The number of rotatable bonds is 1. The molecule has 1 heterocycles. The summed E-state index contributed by atoms with van der Waals surface area (Å²) in [5, 5.41) is 4.45. The van der Waals surface area contributed by atoms with E-state index >= 15 is 0 Å². The van der Waals surface area contributed by atoms with Crippen LogP contribution < -0.4 is 5.32 Å². The lowest BCUT2D eigenvalue weighted by atomic mass is 9.86. The van der Waals surface area contributed by atoms with Crippen LogP contribution in [0.1, 0.15) is 51.3 Å². The Morgan fingerprint density at radius 2 is 1.83 bits per heavy atom. The van der Waals surface area contributed by atoms with E-state index < -0.39 is 0 Å². The Bertz CT molecular complexity index is 377. The SMILES string of the molecule is CC1CCNC(c2ccc(C(C)(C)C)cc2)CS1. The second-order valence-electron chi connectivity index (χ2n) is 6.31. The Kier molecular flexibility index (Phi) is 4.39. The molecule has 1 saturated heterocycles. The van der Waals surface area contributed by atoms with E-state index in [2.05, 4.69) is 69.0 Å². The Hall–Kier alpha value is -0.470. The van der Waals surface area contributed by atoms with Gasteiger partial charge in [0.15, 0.2) is 0 Å². The Balaban J connectivity index is 2.09. The largest absolute Gasteiger partial charge is 0.309 e. The van der Waals surface area contributed by atoms with E-state index in [1.54, 1.807) is 0 Å². The first-order chi connectivity index (χ1) is 8.47. The van der Waals surface area contributed by atoms with E-state index in [4.69, 9.17) is 0 Å². The van der Waals surface area contributed by atoms with Crippen molar-refractivity contribution in [2.24, 2.45) is 0 Å². The van der Waals surface area contributed by atoms with Gasteiger partial charge in [-0.2, -0.15) is 11.8 Å². The first-order valence-electron chi connectivity index (χ1n) is 6.92. The highest BCUT2D eigenvalue weighted by Crippen LogP contribution is 2.28. The molecule has 0 saturated carbocycles. The maximum Gasteiger partial charge on any atom is 0.0411 e. The number of benzene rings is 1. The van der Waals surface area contributed by atoms with Crippen LogP contribution in [0, 0.1) is 0 Å². The van der Waals surface area contributed by atoms with Gasteiger partial charge in [-0.05, 0) is 29.5 Å². The summed E-state index contributed by atoms with van der Waals surface area (Å²) in [7, 11) is 0. The second kappa shape index (κ2) is 5.66. The van der Waals surface area contributed by atoms with Gasteiger partial charge >= 0.3 is 0 Å². The molecule has 0 radical (unpaired) electrons. The van der Waals surface area contributed by atoms with Crippen LogP contribution in [0.15, 0.2) is 24.3 Å². The summed E-state index contributed by atoms with van der Waals surface area (Å²) in [5.41, 5.74) is 3.10. The molecule has 0 bridgehead atoms. The average molecular weight is 263 g/mol. The molecule has 1 aliphatic heterocycles. The van der Waals surface area contributed by atoms with Gasteiger partial charge in [-0.1, -0.05) is 52.0 Å². The summed E-state index contributed by atoms with van der Waals surface area (Å²) in [6, 6.07) is 9.70. The van der Waals surface area contributed by atoms with Crippen molar-refractivity contribution in [3.05, 3.63) is 35.4 Å². The average Bonchev–Trinajstić information content (AvgIpc) is 2.53. The van der Waals surface area contributed by atoms with Crippen molar-refractivity contribution >= 4 is 11.8 Å². The van der Waals surface area contributed by atoms with Gasteiger partial charge < -0.3 is 5.32 Å². The Morgan fingerprint density at radius 3 is 2.44 bits per heavy atom. The van der Waals surface area contributed by atoms with Gasteiger partial charge in [0.05, 0.1) is 0 Å². The molecule has 0 spiro atoms. The van der Waals surface area contributed by atoms with Crippen LogP contribution in [0.4, 0.5) is 0 Å². The molecule has 1 aliphatic rings. The van der Waals surface area contributed by atoms with E-state index in [1.807, 2.05) is 0 Å². The van der Waals surface area contributed by atoms with Crippen molar-refractivity contribution in [1.29, 1.82) is 0 Å². The van der Waals surface area contributed by atoms with Crippen molar-refractivity contribution < 1.29 is 0 Å². The van der Waals surface area contributed by atoms with E-state index in [9.17, 15) is 0 Å². The molecule has 1 aromatic carbocycles. The second-order valence-corrected chi connectivity index (χ2v) is 7.78. The third-order valence-corrected chi connectivity index (χ3v) is 5.00. The highest BCUT2D eigenvalue weighted by Gasteiger charge is 2.18. The topological polar surface area (TPSA) is 12.0 Å². The monoisotopic (exact) mass is 263 g/mol. The lowest BCUT2D eigenvalue weighted by Crippen LogP contribution is -2.22. The number of hydrogen-bond acceptors (Lipinski definition) is 2. The molecule has 1 fully saturated rings. The Morgan fingerprint density at radius 1 is 1.17 bits per heavy atom. The normalized spacial score (nSPS) is 25.8.